The van der Waals surface area contributed by atoms with Gasteiger partial charge in [-0.25, -0.2) is 4.98 Å². The summed E-state index contributed by atoms with van der Waals surface area (Å²) in [5.41, 5.74) is 6.21. The fraction of sp³-hybridized carbons (Fsp3) is 0.400. The maximum atomic E-state index is 8.72. The average Bonchev–Trinajstić information content (AvgIpc) is 2.17. The Kier molecular flexibility index (Phi) is 3.92. The molecule has 1 heterocycles. The van der Waals surface area contributed by atoms with Gasteiger partial charge in [0.25, 0.3) is 0 Å². The molecule has 4 nitrogen and oxygen atoms in total. The molecule has 1 rings (SSSR count). The Hall–Kier alpha value is -1.28. The lowest BCUT2D eigenvalue weighted by molar-refractivity contribution is 0.709. The molecular weight excluding hydrogens is 256 g/mol. The molecule has 0 fully saturated rings. The zero-order chi connectivity index (χ0) is 11.4. The van der Waals surface area contributed by atoms with Crippen LogP contribution in [0.15, 0.2) is 16.7 Å². The van der Waals surface area contributed by atoms with Crippen molar-refractivity contribution in [2.75, 3.05) is 24.2 Å². The highest BCUT2D eigenvalue weighted by molar-refractivity contribution is 9.10. The molecule has 0 saturated carbocycles. The van der Waals surface area contributed by atoms with E-state index in [0.717, 1.165) is 10.3 Å². The van der Waals surface area contributed by atoms with E-state index >= 15 is 0 Å². The molecule has 0 aliphatic rings. The molecule has 0 radical (unpaired) electrons. The summed E-state index contributed by atoms with van der Waals surface area (Å²) >= 11 is 3.39. The Morgan fingerprint density at radius 3 is 2.93 bits per heavy atom. The van der Waals surface area contributed by atoms with E-state index in [9.17, 15) is 0 Å². The van der Waals surface area contributed by atoms with Crippen molar-refractivity contribution in [3.8, 4) is 6.07 Å². The molecule has 2 N–H and O–H groups in total. The number of rotatable bonds is 3. The van der Waals surface area contributed by atoms with Gasteiger partial charge in [-0.3, -0.25) is 0 Å². The number of anilines is 2. The molecule has 1 atom stereocenters. The second-order valence-electron chi connectivity index (χ2n) is 3.48. The molecule has 0 bridgehead atoms. The lowest BCUT2D eigenvalue weighted by atomic mass is 10.2. The van der Waals surface area contributed by atoms with Gasteiger partial charge in [0.15, 0.2) is 0 Å². The van der Waals surface area contributed by atoms with Crippen LogP contribution in [0, 0.1) is 17.2 Å². The summed E-state index contributed by atoms with van der Waals surface area (Å²) in [6.07, 6.45) is 1.60. The first-order valence-electron chi connectivity index (χ1n) is 4.56. The van der Waals surface area contributed by atoms with Gasteiger partial charge < -0.3 is 10.6 Å². The van der Waals surface area contributed by atoms with Gasteiger partial charge >= 0.3 is 0 Å². The molecule has 1 aromatic rings. The van der Waals surface area contributed by atoms with Gasteiger partial charge in [-0.1, -0.05) is 0 Å². The van der Waals surface area contributed by atoms with Gasteiger partial charge in [-0.2, -0.15) is 5.26 Å². The van der Waals surface area contributed by atoms with Crippen LogP contribution in [0.4, 0.5) is 11.5 Å². The largest absolute Gasteiger partial charge is 0.397 e. The predicted molar refractivity (Wildman–Crippen MR) is 64.4 cm³/mol. The molecular formula is C10H13BrN4. The van der Waals surface area contributed by atoms with E-state index in [-0.39, 0.29) is 5.92 Å². The predicted octanol–water partition coefficient (Wildman–Crippen LogP) is 2.02. The molecule has 0 aromatic carbocycles. The summed E-state index contributed by atoms with van der Waals surface area (Å²) in [5.74, 6) is 0.771. The van der Waals surface area contributed by atoms with E-state index in [1.807, 2.05) is 18.9 Å². The lowest BCUT2D eigenvalue weighted by Crippen LogP contribution is -2.24. The molecule has 0 amide bonds. The van der Waals surface area contributed by atoms with Gasteiger partial charge in [0.05, 0.1) is 28.3 Å². The van der Waals surface area contributed by atoms with Crippen LogP contribution in [-0.2, 0) is 0 Å². The van der Waals surface area contributed by atoms with Gasteiger partial charge in [0, 0.05) is 13.6 Å². The smallest absolute Gasteiger partial charge is 0.142 e. The van der Waals surface area contributed by atoms with Gasteiger partial charge in [-0.05, 0) is 28.9 Å². The monoisotopic (exact) mass is 268 g/mol. The van der Waals surface area contributed by atoms with Crippen molar-refractivity contribution in [2.24, 2.45) is 5.92 Å². The number of nitrogen functional groups attached to an aromatic ring is 1. The third-order valence-corrected chi connectivity index (χ3v) is 2.56. The van der Waals surface area contributed by atoms with Crippen LogP contribution >= 0.6 is 15.9 Å². The Balaban J connectivity index is 2.83. The first kappa shape index (κ1) is 11.8. The third kappa shape index (κ3) is 3.10. The highest BCUT2D eigenvalue weighted by Crippen LogP contribution is 2.24. The molecule has 0 aliphatic heterocycles. The molecule has 1 unspecified atom stereocenters. The number of pyridine rings is 1. The van der Waals surface area contributed by atoms with Crippen molar-refractivity contribution in [1.82, 2.24) is 4.98 Å². The van der Waals surface area contributed by atoms with Crippen LogP contribution in [0.2, 0.25) is 0 Å². The summed E-state index contributed by atoms with van der Waals surface area (Å²) in [7, 11) is 1.90. The number of nitrogens with two attached hydrogens (primary N) is 1. The van der Waals surface area contributed by atoms with Crippen molar-refractivity contribution in [3.05, 3.63) is 16.7 Å². The van der Waals surface area contributed by atoms with E-state index in [4.69, 9.17) is 11.0 Å². The number of hydrogen-bond acceptors (Lipinski definition) is 4. The first-order valence-corrected chi connectivity index (χ1v) is 5.35. The topological polar surface area (TPSA) is 65.9 Å². The van der Waals surface area contributed by atoms with Crippen LogP contribution in [0.1, 0.15) is 6.92 Å². The average molecular weight is 269 g/mol. The van der Waals surface area contributed by atoms with Gasteiger partial charge in [0.2, 0.25) is 0 Å². The van der Waals surface area contributed by atoms with Crippen LogP contribution in [-0.4, -0.2) is 18.6 Å². The summed E-state index contributed by atoms with van der Waals surface area (Å²) in [4.78, 5) is 6.14. The van der Waals surface area contributed by atoms with Crippen LogP contribution in [0.5, 0.6) is 0 Å². The van der Waals surface area contributed by atoms with Crippen LogP contribution in [0.25, 0.3) is 0 Å². The zero-order valence-electron chi connectivity index (χ0n) is 8.74. The molecule has 15 heavy (non-hydrogen) atoms. The first-order chi connectivity index (χ1) is 7.04. The quantitative estimate of drug-likeness (QED) is 0.911. The molecule has 0 aliphatic carbocycles. The molecule has 1 aromatic heterocycles. The number of aromatic nitrogens is 1. The number of hydrogen-bond donors (Lipinski definition) is 1. The van der Waals surface area contributed by atoms with E-state index in [2.05, 4.69) is 27.0 Å². The van der Waals surface area contributed by atoms with Crippen molar-refractivity contribution in [1.29, 1.82) is 5.26 Å². The minimum Gasteiger partial charge on any atom is -0.397 e. The Bertz CT molecular complexity index is 385. The highest BCUT2D eigenvalue weighted by Gasteiger charge is 2.10. The fourth-order valence-corrected chi connectivity index (χ4v) is 1.93. The Morgan fingerprint density at radius 2 is 2.40 bits per heavy atom. The fourth-order valence-electron chi connectivity index (χ4n) is 1.26. The van der Waals surface area contributed by atoms with Gasteiger partial charge in [-0.15, -0.1) is 0 Å². The van der Waals surface area contributed by atoms with Crippen molar-refractivity contribution in [3.63, 3.8) is 0 Å². The zero-order valence-corrected chi connectivity index (χ0v) is 10.3. The second-order valence-corrected chi connectivity index (χ2v) is 4.34. The van der Waals surface area contributed by atoms with Crippen LogP contribution in [0.3, 0.4) is 0 Å². The molecule has 0 saturated heterocycles. The summed E-state index contributed by atoms with van der Waals surface area (Å²) in [5, 5.41) is 8.72. The van der Waals surface area contributed by atoms with E-state index in [0.29, 0.717) is 12.2 Å². The Morgan fingerprint density at radius 1 is 1.73 bits per heavy atom. The maximum Gasteiger partial charge on any atom is 0.142 e. The number of halogens is 1. The lowest BCUT2D eigenvalue weighted by Gasteiger charge is -2.20. The summed E-state index contributed by atoms with van der Waals surface area (Å²) in [6, 6.07) is 3.99. The number of nitrogens with zero attached hydrogens (tertiary/aromatic N) is 3. The van der Waals surface area contributed by atoms with E-state index in [1.54, 1.807) is 12.3 Å². The Labute approximate surface area is 97.8 Å². The minimum atomic E-state index is -0.0266. The van der Waals surface area contributed by atoms with Crippen molar-refractivity contribution in [2.45, 2.75) is 6.92 Å². The molecule has 5 heteroatoms. The van der Waals surface area contributed by atoms with E-state index in [1.165, 1.54) is 0 Å². The van der Waals surface area contributed by atoms with Crippen LogP contribution < -0.4 is 10.6 Å². The second kappa shape index (κ2) is 4.99. The third-order valence-electron chi connectivity index (χ3n) is 1.97. The summed E-state index contributed by atoms with van der Waals surface area (Å²) in [6.45, 7) is 2.52. The standard InChI is InChI=1S/C10H13BrN4/c1-7(4-12)6-15(2)10-9(11)3-8(13)5-14-10/h3,5,7H,6,13H2,1-2H3. The highest BCUT2D eigenvalue weighted by atomic mass is 79.9. The van der Waals surface area contributed by atoms with Gasteiger partial charge in [0.1, 0.15) is 5.82 Å². The molecule has 0 spiro atoms. The SMILES string of the molecule is CC(C#N)CN(C)c1ncc(N)cc1Br. The number of nitriles is 1. The van der Waals surface area contributed by atoms with E-state index < -0.39 is 0 Å². The minimum absolute atomic E-state index is 0.0266. The molecule has 80 valence electrons. The summed E-state index contributed by atoms with van der Waals surface area (Å²) < 4.78 is 0.843. The van der Waals surface area contributed by atoms with Crippen molar-refractivity contribution < 1.29 is 0 Å². The maximum absolute atomic E-state index is 8.72. The normalized spacial score (nSPS) is 11.9. The van der Waals surface area contributed by atoms with Crippen molar-refractivity contribution >= 4 is 27.4 Å².